The molecule has 150 valence electrons. The molecule has 0 fully saturated rings. The molecule has 0 bridgehead atoms. The molecule has 0 aromatic rings. The molecular formula is C14H25N3O9. The summed E-state index contributed by atoms with van der Waals surface area (Å²) in [6.07, 6.45) is 1.01. The van der Waals surface area contributed by atoms with Gasteiger partial charge >= 0.3 is 23.9 Å². The number of carbonyl (C=O) groups is 5. The van der Waals surface area contributed by atoms with E-state index in [2.05, 4.69) is 0 Å². The van der Waals surface area contributed by atoms with Gasteiger partial charge < -0.3 is 37.6 Å². The Morgan fingerprint density at radius 1 is 0.615 bits per heavy atom. The lowest BCUT2D eigenvalue weighted by Crippen LogP contribution is -2.33. The Kier molecular flexibility index (Phi) is 13.5. The first-order chi connectivity index (χ1) is 11.9. The third-order valence-electron chi connectivity index (χ3n) is 3.14. The minimum atomic E-state index is -1.50. The molecule has 0 amide bonds. The van der Waals surface area contributed by atoms with Crippen LogP contribution in [0.1, 0.15) is 38.5 Å². The summed E-state index contributed by atoms with van der Waals surface area (Å²) >= 11 is 0. The van der Waals surface area contributed by atoms with E-state index in [1.165, 1.54) is 0 Å². The quantitative estimate of drug-likeness (QED) is 0.186. The number of hydrogen-bond acceptors (Lipinski definition) is 8. The molecule has 10 N–H and O–H groups in total. The topological polar surface area (TPSA) is 244 Å². The van der Waals surface area contributed by atoms with Crippen LogP contribution >= 0.6 is 0 Å². The molecule has 0 saturated carbocycles. The van der Waals surface area contributed by atoms with Crippen molar-refractivity contribution in [1.29, 1.82) is 0 Å². The molecule has 26 heavy (non-hydrogen) atoms. The second-order valence-electron chi connectivity index (χ2n) is 5.39. The maximum atomic E-state index is 10.5. The minimum absolute atomic E-state index is 0.106. The van der Waals surface area contributed by atoms with Crippen molar-refractivity contribution in [3.63, 3.8) is 0 Å². The van der Waals surface area contributed by atoms with Crippen LogP contribution in [0.4, 0.5) is 0 Å². The zero-order valence-electron chi connectivity index (χ0n) is 14.0. The number of hydrogen-bond donors (Lipinski definition) is 7. The molecule has 0 radical (unpaired) electrons. The molecule has 0 aliphatic rings. The number of carbonyl (C=O) groups excluding carboxylic acids is 1. The van der Waals surface area contributed by atoms with Gasteiger partial charge in [-0.05, 0) is 32.1 Å². The molecule has 0 aromatic heterocycles. The summed E-state index contributed by atoms with van der Waals surface area (Å²) in [5, 5.41) is 33.3. The fraction of sp³-hybridized carbons (Fsp3) is 0.643. The second kappa shape index (κ2) is 13.7. The first-order valence-corrected chi connectivity index (χ1v) is 7.61. The zero-order chi connectivity index (χ0) is 20.9. The highest BCUT2D eigenvalue weighted by molar-refractivity contribution is 6.32. The van der Waals surface area contributed by atoms with Gasteiger partial charge in [0.1, 0.15) is 18.1 Å². The third kappa shape index (κ3) is 13.8. The molecule has 0 unspecified atom stereocenters. The molecule has 12 nitrogen and oxygen atoms in total. The van der Waals surface area contributed by atoms with E-state index >= 15 is 0 Å². The highest BCUT2D eigenvalue weighted by atomic mass is 16.4. The maximum absolute atomic E-state index is 10.5. The van der Waals surface area contributed by atoms with E-state index in [1.54, 1.807) is 0 Å². The summed E-state index contributed by atoms with van der Waals surface area (Å²) in [5.74, 6) is -5.72. The fourth-order valence-corrected chi connectivity index (χ4v) is 1.52. The Balaban J connectivity index is 0. The fourth-order valence-electron chi connectivity index (χ4n) is 1.52. The molecule has 0 aliphatic heterocycles. The Labute approximate surface area is 148 Å². The van der Waals surface area contributed by atoms with Crippen LogP contribution in [0.15, 0.2) is 0 Å². The van der Waals surface area contributed by atoms with Crippen LogP contribution in [0.25, 0.3) is 0 Å². The highest BCUT2D eigenvalue weighted by Crippen LogP contribution is 2.02. The number of rotatable bonds is 12. The van der Waals surface area contributed by atoms with Crippen LogP contribution in [0, 0.1) is 0 Å². The monoisotopic (exact) mass is 379 g/mol. The largest absolute Gasteiger partial charge is 0.480 e. The van der Waals surface area contributed by atoms with Gasteiger partial charge in [0.05, 0.1) is 0 Å². The lowest BCUT2D eigenvalue weighted by Gasteiger charge is -2.07. The molecule has 12 heteroatoms. The SMILES string of the molecule is N[C@@H](CCCC(=O)C(=O)O)C(=O)O.N[C@H](CCC[C@H](N)C(=O)O)C(=O)O. The second-order valence-corrected chi connectivity index (χ2v) is 5.39. The summed E-state index contributed by atoms with van der Waals surface area (Å²) < 4.78 is 0. The molecule has 0 aliphatic carbocycles. The zero-order valence-corrected chi connectivity index (χ0v) is 14.0. The number of carboxylic acid groups (broad SMARTS) is 4. The van der Waals surface area contributed by atoms with Gasteiger partial charge in [0.25, 0.3) is 0 Å². The van der Waals surface area contributed by atoms with Crippen molar-refractivity contribution in [1.82, 2.24) is 0 Å². The smallest absolute Gasteiger partial charge is 0.372 e. The van der Waals surface area contributed by atoms with Crippen molar-refractivity contribution < 1.29 is 44.4 Å². The van der Waals surface area contributed by atoms with Crippen molar-refractivity contribution in [2.24, 2.45) is 17.2 Å². The summed E-state index contributed by atoms with van der Waals surface area (Å²) in [7, 11) is 0. The average Bonchev–Trinajstić information content (AvgIpc) is 2.54. The Hall–Kier alpha value is -2.57. The predicted octanol–water partition coefficient (Wildman–Crippen LogP) is -1.80. The average molecular weight is 379 g/mol. The van der Waals surface area contributed by atoms with Gasteiger partial charge in [-0.1, -0.05) is 0 Å². The van der Waals surface area contributed by atoms with Crippen molar-refractivity contribution in [2.45, 2.75) is 56.7 Å². The van der Waals surface area contributed by atoms with Crippen molar-refractivity contribution >= 4 is 29.7 Å². The van der Waals surface area contributed by atoms with E-state index < -0.39 is 47.8 Å². The van der Waals surface area contributed by atoms with Gasteiger partial charge in [0.2, 0.25) is 5.78 Å². The molecule has 3 atom stereocenters. The van der Waals surface area contributed by atoms with Gasteiger partial charge in [-0.2, -0.15) is 0 Å². The van der Waals surface area contributed by atoms with E-state index in [1.807, 2.05) is 0 Å². The first-order valence-electron chi connectivity index (χ1n) is 7.61. The Morgan fingerprint density at radius 2 is 0.923 bits per heavy atom. The number of ketones is 1. The molecule has 0 heterocycles. The highest BCUT2D eigenvalue weighted by Gasteiger charge is 2.15. The van der Waals surface area contributed by atoms with E-state index in [9.17, 15) is 24.0 Å². The molecule has 0 spiro atoms. The van der Waals surface area contributed by atoms with E-state index in [0.717, 1.165) is 0 Å². The Morgan fingerprint density at radius 3 is 1.19 bits per heavy atom. The van der Waals surface area contributed by atoms with Gasteiger partial charge in [0.15, 0.2) is 0 Å². The maximum Gasteiger partial charge on any atom is 0.372 e. The van der Waals surface area contributed by atoms with Crippen LogP contribution in [0.3, 0.4) is 0 Å². The Bertz CT molecular complexity index is 490. The molecular weight excluding hydrogens is 354 g/mol. The standard InChI is InChI=1S/C7H14N2O4.C7H11NO5/c2*8-4(6(10)11)2-1-3-5(9)7(12)13/h4-5H,1-3,8-9H2,(H,10,11)(H,12,13);4H,1-3,8H2,(H,10,11)(H,12,13)/t4-,5+;4-/m.0/s1. The van der Waals surface area contributed by atoms with Crippen LogP contribution < -0.4 is 17.2 Å². The summed E-state index contributed by atoms with van der Waals surface area (Å²) in [5.41, 5.74) is 15.5. The van der Waals surface area contributed by atoms with Gasteiger partial charge in [-0.15, -0.1) is 0 Å². The van der Waals surface area contributed by atoms with Crippen molar-refractivity contribution in [3.05, 3.63) is 0 Å². The minimum Gasteiger partial charge on any atom is -0.480 e. The summed E-state index contributed by atoms with van der Waals surface area (Å²) in [4.78, 5) is 51.2. The van der Waals surface area contributed by atoms with Gasteiger partial charge in [0, 0.05) is 6.42 Å². The van der Waals surface area contributed by atoms with Gasteiger partial charge in [-0.3, -0.25) is 19.2 Å². The number of Topliss-reactive ketones (excluding diaryl/α,β-unsaturated/α-hetero) is 1. The lowest BCUT2D eigenvalue weighted by molar-refractivity contribution is -0.149. The summed E-state index contributed by atoms with van der Waals surface area (Å²) in [6.45, 7) is 0. The van der Waals surface area contributed by atoms with E-state index in [4.69, 9.17) is 37.6 Å². The van der Waals surface area contributed by atoms with Crippen LogP contribution in [0.5, 0.6) is 0 Å². The third-order valence-corrected chi connectivity index (χ3v) is 3.14. The number of nitrogens with two attached hydrogens (primary N) is 3. The van der Waals surface area contributed by atoms with E-state index in [0.29, 0.717) is 6.42 Å². The summed E-state index contributed by atoms with van der Waals surface area (Å²) in [6, 6.07) is -2.89. The number of carboxylic acids is 4. The normalized spacial score (nSPS) is 13.5. The predicted molar refractivity (Wildman–Crippen MR) is 87.2 cm³/mol. The van der Waals surface area contributed by atoms with Gasteiger partial charge in [-0.25, -0.2) is 4.79 Å². The van der Waals surface area contributed by atoms with Crippen LogP contribution in [-0.2, 0) is 24.0 Å². The van der Waals surface area contributed by atoms with E-state index in [-0.39, 0.29) is 32.1 Å². The van der Waals surface area contributed by atoms with Crippen molar-refractivity contribution in [2.75, 3.05) is 0 Å². The lowest BCUT2D eigenvalue weighted by atomic mass is 10.1. The van der Waals surface area contributed by atoms with Crippen molar-refractivity contribution in [3.8, 4) is 0 Å². The molecule has 0 aromatic carbocycles. The van der Waals surface area contributed by atoms with Crippen LogP contribution in [-0.4, -0.2) is 68.2 Å². The first kappa shape index (κ1) is 25.7. The number of aliphatic carboxylic acids is 4. The molecule has 0 rings (SSSR count). The van der Waals surface area contributed by atoms with Crippen LogP contribution in [0.2, 0.25) is 0 Å². The molecule has 0 saturated heterocycles.